The average molecular weight is 562 g/mol. The molecule has 1 aromatic carbocycles. The third-order valence-electron chi connectivity index (χ3n) is 6.20. The number of hydrogen-bond acceptors (Lipinski definition) is 11. The predicted octanol–water partition coefficient (Wildman–Crippen LogP) is 1.52. The summed E-state index contributed by atoms with van der Waals surface area (Å²) in [6.45, 7) is 8.70. The monoisotopic (exact) mass is 561 g/mol. The Balaban J connectivity index is 2.02. The molecule has 0 aliphatic carbocycles. The van der Waals surface area contributed by atoms with Gasteiger partial charge in [-0.15, -0.1) is 0 Å². The van der Waals surface area contributed by atoms with Crippen molar-refractivity contribution in [1.82, 2.24) is 5.32 Å². The Morgan fingerprint density at radius 2 is 1.70 bits per heavy atom. The number of esters is 3. The Morgan fingerprint density at radius 1 is 1.02 bits per heavy atom. The number of nitrogens with zero attached hydrogens (tertiary/aromatic N) is 2. The third-order valence-corrected chi connectivity index (χ3v) is 6.20. The van der Waals surface area contributed by atoms with Gasteiger partial charge in [0.15, 0.2) is 17.9 Å². The summed E-state index contributed by atoms with van der Waals surface area (Å²) in [5.41, 5.74) is 2.19. The number of fused-ring (bicyclic) bond motifs is 1. The topological polar surface area (TPSA) is 159 Å². The van der Waals surface area contributed by atoms with Crippen molar-refractivity contribution in [3.05, 3.63) is 29.3 Å². The highest BCUT2D eigenvalue weighted by atomic mass is 16.8. The van der Waals surface area contributed by atoms with Crippen molar-refractivity contribution in [3.63, 3.8) is 0 Å². The van der Waals surface area contributed by atoms with Crippen molar-refractivity contribution in [2.45, 2.75) is 85.0 Å². The summed E-state index contributed by atoms with van der Waals surface area (Å²) in [6.07, 6.45) is -3.51. The van der Waals surface area contributed by atoms with Crippen molar-refractivity contribution < 1.29 is 47.8 Å². The molecule has 2 heterocycles. The van der Waals surface area contributed by atoms with Crippen LogP contribution in [0.5, 0.6) is 0 Å². The molecular formula is C27H35N3O10. The van der Waals surface area contributed by atoms with Crippen LogP contribution in [0.25, 0.3) is 0 Å². The van der Waals surface area contributed by atoms with Crippen LogP contribution in [0.3, 0.4) is 0 Å². The maximum absolute atomic E-state index is 13.4. The van der Waals surface area contributed by atoms with E-state index in [9.17, 15) is 24.0 Å². The van der Waals surface area contributed by atoms with Gasteiger partial charge in [0.25, 0.3) is 12.2 Å². The van der Waals surface area contributed by atoms with E-state index in [1.807, 2.05) is 32.0 Å². The molecule has 1 fully saturated rings. The molecule has 218 valence electrons. The quantitative estimate of drug-likeness (QED) is 0.252. The fourth-order valence-corrected chi connectivity index (χ4v) is 4.54. The second-order valence-electron chi connectivity index (χ2n) is 9.60. The molecule has 0 bridgehead atoms. The highest BCUT2D eigenvalue weighted by molar-refractivity contribution is 6.54. The van der Waals surface area contributed by atoms with Crippen LogP contribution in [0.2, 0.25) is 0 Å². The minimum absolute atomic E-state index is 0.0302. The number of amides is 2. The van der Waals surface area contributed by atoms with E-state index < -0.39 is 54.5 Å². The lowest BCUT2D eigenvalue weighted by molar-refractivity contribution is -0.278. The van der Waals surface area contributed by atoms with Crippen LogP contribution in [-0.2, 0) is 47.8 Å². The van der Waals surface area contributed by atoms with E-state index >= 15 is 0 Å². The minimum atomic E-state index is -1.43. The van der Waals surface area contributed by atoms with Crippen molar-refractivity contribution in [3.8, 4) is 0 Å². The summed E-state index contributed by atoms with van der Waals surface area (Å²) in [6, 6.07) is 4.34. The van der Waals surface area contributed by atoms with Crippen molar-refractivity contribution in [2.75, 3.05) is 18.1 Å². The second kappa shape index (κ2) is 13.4. The van der Waals surface area contributed by atoms with Crippen LogP contribution >= 0.6 is 0 Å². The number of oxime groups is 1. The van der Waals surface area contributed by atoms with Gasteiger partial charge in [-0.05, 0) is 25.5 Å². The van der Waals surface area contributed by atoms with Gasteiger partial charge >= 0.3 is 17.9 Å². The SMILES string of the molecule is CCCCN1C(=O)C(=NOC2OC(COC(C)=O)C(OC(C)=O)C(OC(C)=O)C2NC(C)=O)c2cc(C)ccc21. The van der Waals surface area contributed by atoms with E-state index in [1.54, 1.807) is 4.90 Å². The molecule has 2 aliphatic rings. The number of carbonyl (C=O) groups is 5. The fraction of sp³-hybridized carbons (Fsp3) is 0.556. The molecular weight excluding hydrogens is 526 g/mol. The first-order valence-electron chi connectivity index (χ1n) is 13.0. The van der Waals surface area contributed by atoms with Gasteiger partial charge in [-0.25, -0.2) is 0 Å². The number of rotatable bonds is 10. The number of ether oxygens (including phenoxy) is 4. The van der Waals surface area contributed by atoms with Gasteiger partial charge in [-0.3, -0.25) is 24.0 Å². The van der Waals surface area contributed by atoms with Crippen molar-refractivity contribution in [1.29, 1.82) is 0 Å². The number of nitrogens with one attached hydrogen (secondary N) is 1. The Kier molecular flexibility index (Phi) is 10.2. The summed E-state index contributed by atoms with van der Waals surface area (Å²) < 4.78 is 21.9. The number of benzene rings is 1. The van der Waals surface area contributed by atoms with Crippen LogP contribution in [0.15, 0.2) is 23.4 Å². The van der Waals surface area contributed by atoms with E-state index in [1.165, 1.54) is 13.8 Å². The summed E-state index contributed by atoms with van der Waals surface area (Å²) in [7, 11) is 0. The fourth-order valence-electron chi connectivity index (χ4n) is 4.54. The lowest BCUT2D eigenvalue weighted by Crippen LogP contribution is -2.66. The van der Waals surface area contributed by atoms with E-state index in [4.69, 9.17) is 23.8 Å². The lowest BCUT2D eigenvalue weighted by atomic mass is 9.96. The smallest absolute Gasteiger partial charge is 0.303 e. The summed E-state index contributed by atoms with van der Waals surface area (Å²) >= 11 is 0. The Hall–Kier alpha value is -4.00. The molecule has 0 radical (unpaired) electrons. The average Bonchev–Trinajstić information content (AvgIpc) is 3.11. The van der Waals surface area contributed by atoms with Crippen molar-refractivity contribution >= 4 is 41.1 Å². The number of hydrogen-bond donors (Lipinski definition) is 1. The first kappa shape index (κ1) is 30.5. The number of anilines is 1. The highest BCUT2D eigenvalue weighted by Gasteiger charge is 2.52. The standard InChI is InChI=1S/C27H35N3O10/c1-7-8-11-30-20-10-9-14(2)12-19(20)22(26(30)35)29-40-27-23(28-15(3)31)25(38-18(6)34)24(37-17(5)33)21(39-27)13-36-16(4)32/h9-10,12,21,23-25,27H,7-8,11,13H2,1-6H3,(H,28,31). The Morgan fingerprint density at radius 3 is 2.30 bits per heavy atom. The molecule has 5 atom stereocenters. The zero-order chi connectivity index (χ0) is 29.6. The Labute approximate surface area is 232 Å². The van der Waals surface area contributed by atoms with Gasteiger partial charge < -0.3 is 34.0 Å². The molecule has 2 amide bonds. The van der Waals surface area contributed by atoms with Gasteiger partial charge in [0, 0.05) is 39.8 Å². The molecule has 0 aromatic heterocycles. The molecule has 0 spiro atoms. The summed E-state index contributed by atoms with van der Waals surface area (Å²) in [4.78, 5) is 68.3. The predicted molar refractivity (Wildman–Crippen MR) is 140 cm³/mol. The molecule has 13 nitrogen and oxygen atoms in total. The lowest BCUT2D eigenvalue weighted by Gasteiger charge is -2.43. The van der Waals surface area contributed by atoms with Crippen LogP contribution in [0, 0.1) is 6.92 Å². The minimum Gasteiger partial charge on any atom is -0.463 e. The molecule has 1 N–H and O–H groups in total. The number of unbranched alkanes of at least 4 members (excludes halogenated alkanes) is 1. The van der Waals surface area contributed by atoms with Crippen molar-refractivity contribution in [2.24, 2.45) is 5.16 Å². The van der Waals surface area contributed by atoms with Crippen LogP contribution < -0.4 is 10.2 Å². The van der Waals surface area contributed by atoms with E-state index in [0.717, 1.165) is 32.3 Å². The molecule has 2 aliphatic heterocycles. The maximum Gasteiger partial charge on any atom is 0.303 e. The van der Waals surface area contributed by atoms with Gasteiger partial charge in [0.05, 0.1) is 5.69 Å². The number of aryl methyl sites for hydroxylation is 1. The molecule has 5 unspecified atom stereocenters. The number of carbonyl (C=O) groups excluding carboxylic acids is 5. The van der Waals surface area contributed by atoms with E-state index in [0.29, 0.717) is 17.8 Å². The zero-order valence-electron chi connectivity index (χ0n) is 23.4. The van der Waals surface area contributed by atoms with Gasteiger partial charge in [0.2, 0.25) is 5.91 Å². The first-order valence-corrected chi connectivity index (χ1v) is 13.0. The highest BCUT2D eigenvalue weighted by Crippen LogP contribution is 2.32. The normalized spacial score (nSPS) is 24.8. The molecule has 0 saturated carbocycles. The van der Waals surface area contributed by atoms with Gasteiger partial charge in [-0.1, -0.05) is 30.1 Å². The van der Waals surface area contributed by atoms with Crippen LogP contribution in [0.4, 0.5) is 5.69 Å². The Bertz CT molecular complexity index is 1180. The van der Waals surface area contributed by atoms with E-state index in [-0.39, 0.29) is 18.2 Å². The van der Waals surface area contributed by atoms with Crippen LogP contribution in [0.1, 0.15) is 58.6 Å². The largest absolute Gasteiger partial charge is 0.463 e. The van der Waals surface area contributed by atoms with Gasteiger partial charge in [-0.2, -0.15) is 0 Å². The molecule has 40 heavy (non-hydrogen) atoms. The summed E-state index contributed by atoms with van der Waals surface area (Å²) in [5.74, 6) is -3.00. The van der Waals surface area contributed by atoms with Crippen LogP contribution in [-0.4, -0.2) is 79.2 Å². The molecule has 1 saturated heterocycles. The van der Waals surface area contributed by atoms with E-state index in [2.05, 4.69) is 10.5 Å². The zero-order valence-corrected chi connectivity index (χ0v) is 23.4. The first-order chi connectivity index (χ1) is 18.9. The van der Waals surface area contributed by atoms with Gasteiger partial charge in [0.1, 0.15) is 18.8 Å². The molecule has 13 heteroatoms. The summed E-state index contributed by atoms with van der Waals surface area (Å²) in [5, 5.41) is 6.75. The molecule has 1 aromatic rings. The third kappa shape index (κ3) is 7.34. The maximum atomic E-state index is 13.4. The second-order valence-corrected chi connectivity index (χ2v) is 9.60. The molecule has 3 rings (SSSR count).